The fraction of sp³-hybridized carbons (Fsp3) is 0.413. The zero-order valence-corrected chi connectivity index (χ0v) is 34.3. The molecule has 6 heteroatoms. The zero-order valence-electron chi connectivity index (χ0n) is 36.9. The van der Waals surface area contributed by atoms with Gasteiger partial charge in [-0.15, -0.1) is 29.1 Å². The molecule has 277 valence electrons. The van der Waals surface area contributed by atoms with Gasteiger partial charge in [0.2, 0.25) is 5.71 Å². The first kappa shape index (κ1) is 33.9. The first-order valence-corrected chi connectivity index (χ1v) is 18.3. The van der Waals surface area contributed by atoms with Gasteiger partial charge in [-0.1, -0.05) is 122 Å². The van der Waals surface area contributed by atoms with Crippen molar-refractivity contribution in [1.29, 1.82) is 0 Å². The van der Waals surface area contributed by atoms with Crippen LogP contribution in [0, 0.1) is 30.7 Å². The van der Waals surface area contributed by atoms with Gasteiger partial charge in [0.1, 0.15) is 11.4 Å². The van der Waals surface area contributed by atoms with Crippen molar-refractivity contribution < 1.29 is 41.3 Å². The van der Waals surface area contributed by atoms with E-state index in [4.69, 9.17) is 11.3 Å². The van der Waals surface area contributed by atoms with Gasteiger partial charge in [-0.25, -0.2) is 0 Å². The van der Waals surface area contributed by atoms with E-state index in [2.05, 4.69) is 42.9 Å². The van der Waals surface area contributed by atoms with Crippen molar-refractivity contribution in [2.24, 2.45) is 17.8 Å². The van der Waals surface area contributed by atoms with E-state index in [0.717, 1.165) is 47.4 Å². The number of hydrogen-bond acceptors (Lipinski definition) is 5. The molecule has 5 nitrogen and oxygen atoms in total. The Labute approximate surface area is 330 Å². The average Bonchev–Trinajstić information content (AvgIpc) is 3.53. The van der Waals surface area contributed by atoms with Crippen LogP contribution in [0.5, 0.6) is 0 Å². The standard InChI is InChI=1S/C33H31N2O.C13H24O2.Ir/c1-19(2)16-23-12-9-11-21-14-15-26-29-30(34-20(3)35-32(29)36-31(26)28(21)23)24-17-22-10-7-8-13-25(22)27(18-24)33(4,5)6;1-5-10(6-2)12(14)9-13(15)11(7-3)8-4;/h7-15,18-19H,16H2,1-6H3;9-11,14H,5-8H2,1-4H3;/q-1;;/b;12-9-;/i3D3,16D2;;. The summed E-state index contributed by atoms with van der Waals surface area (Å²) in [6, 6.07) is 23.0. The predicted molar refractivity (Wildman–Crippen MR) is 214 cm³/mol. The molecule has 6 rings (SSSR count). The number of aromatic nitrogens is 2. The van der Waals surface area contributed by atoms with Crippen LogP contribution in [0.3, 0.4) is 0 Å². The smallest absolute Gasteiger partial charge is 0.223 e. The summed E-state index contributed by atoms with van der Waals surface area (Å²) in [6.07, 6.45) is 3.28. The molecule has 0 unspecified atom stereocenters. The molecular formula is C46H55IrN2O3-. The van der Waals surface area contributed by atoms with Crippen molar-refractivity contribution in [2.75, 3.05) is 0 Å². The number of furan rings is 1. The van der Waals surface area contributed by atoms with Crippen LogP contribution >= 0.6 is 0 Å². The number of carbonyl (C=O) groups is 1. The molecule has 4 aromatic carbocycles. The number of hydrogen-bond donors (Lipinski definition) is 1. The molecule has 2 heterocycles. The minimum absolute atomic E-state index is 0. The number of carbonyl (C=O) groups excluding carboxylic acids is 1. The van der Waals surface area contributed by atoms with E-state index in [1.165, 1.54) is 6.08 Å². The van der Waals surface area contributed by atoms with Crippen LogP contribution in [0.4, 0.5) is 0 Å². The number of fused-ring (bicyclic) bond motifs is 6. The minimum atomic E-state index is -2.56. The Morgan fingerprint density at radius 1 is 0.923 bits per heavy atom. The molecular weight excluding hydrogens is 821 g/mol. The van der Waals surface area contributed by atoms with Gasteiger partial charge in [0.25, 0.3) is 0 Å². The van der Waals surface area contributed by atoms with Crippen molar-refractivity contribution in [3.63, 3.8) is 0 Å². The Hall–Kier alpha value is -3.86. The van der Waals surface area contributed by atoms with E-state index < -0.39 is 13.2 Å². The molecule has 0 spiro atoms. The molecule has 0 saturated heterocycles. The van der Waals surface area contributed by atoms with Gasteiger partial charge in [-0.05, 0) is 61.2 Å². The van der Waals surface area contributed by atoms with Crippen LogP contribution in [0.2, 0.25) is 0 Å². The summed E-state index contributed by atoms with van der Waals surface area (Å²) in [5.41, 5.74) is 3.12. The summed E-state index contributed by atoms with van der Waals surface area (Å²) in [5, 5.41) is 14.5. The molecule has 2 aromatic heterocycles. The van der Waals surface area contributed by atoms with E-state index in [-0.39, 0.29) is 66.4 Å². The molecule has 0 atom stereocenters. The van der Waals surface area contributed by atoms with Crippen molar-refractivity contribution in [3.8, 4) is 11.3 Å². The Morgan fingerprint density at radius 3 is 2.25 bits per heavy atom. The molecule has 6 aromatic rings. The maximum Gasteiger partial charge on any atom is 0.223 e. The summed E-state index contributed by atoms with van der Waals surface area (Å²) in [7, 11) is 0. The molecule has 0 aliphatic heterocycles. The Morgan fingerprint density at radius 2 is 1.62 bits per heavy atom. The van der Waals surface area contributed by atoms with Gasteiger partial charge < -0.3 is 9.52 Å². The normalized spacial score (nSPS) is 14.2. The number of aliphatic hydroxyl groups is 1. The van der Waals surface area contributed by atoms with Gasteiger partial charge >= 0.3 is 0 Å². The number of aryl methyl sites for hydroxylation is 1. The maximum atomic E-state index is 11.7. The molecule has 52 heavy (non-hydrogen) atoms. The maximum absolute atomic E-state index is 11.7. The van der Waals surface area contributed by atoms with E-state index in [9.17, 15) is 9.90 Å². The second-order valence-corrected chi connectivity index (χ2v) is 14.7. The van der Waals surface area contributed by atoms with Gasteiger partial charge in [0, 0.05) is 66.7 Å². The number of benzene rings is 4. The van der Waals surface area contributed by atoms with E-state index in [1.54, 1.807) is 6.07 Å². The number of rotatable bonds is 10. The molecule has 0 fully saturated rings. The third-order valence-electron chi connectivity index (χ3n) is 9.71. The molecule has 1 N–H and O–H groups in total. The second kappa shape index (κ2) is 17.3. The van der Waals surface area contributed by atoms with E-state index >= 15 is 0 Å². The zero-order chi connectivity index (χ0) is 41.3. The van der Waals surface area contributed by atoms with Gasteiger partial charge in [0.15, 0.2) is 5.78 Å². The number of allylic oxidation sites excluding steroid dienone is 2. The fourth-order valence-electron chi connectivity index (χ4n) is 6.89. The summed E-state index contributed by atoms with van der Waals surface area (Å²) in [5.74, 6) is -0.0423. The summed E-state index contributed by atoms with van der Waals surface area (Å²) in [6.45, 7) is 15.6. The SMILES string of the molecule is CCC(CC)C(=O)/C=C(\O)C(CC)CC.[2H]C([2H])([2H])c1nc(-c2[c-]c3ccccc3c(C(C)(C)C)c2)c2c(n1)oc1c2ccc2cccc(C([2H])([2H])C(C)C)c21.[Ir]. The van der Waals surface area contributed by atoms with Crippen molar-refractivity contribution in [3.05, 3.63) is 95.5 Å². The molecule has 0 amide bonds. The summed E-state index contributed by atoms with van der Waals surface area (Å²) in [4.78, 5) is 20.7. The molecule has 0 aliphatic carbocycles. The number of nitrogens with zero attached hydrogens (tertiary/aromatic N) is 2. The van der Waals surface area contributed by atoms with Crippen molar-refractivity contribution >= 4 is 49.4 Å². The molecule has 0 bridgehead atoms. The quantitative estimate of drug-likeness (QED) is 0.0843. The van der Waals surface area contributed by atoms with Crippen LogP contribution in [0.15, 0.2) is 76.9 Å². The Balaban J connectivity index is 0.000000385. The third kappa shape index (κ3) is 8.67. The van der Waals surface area contributed by atoms with Crippen molar-refractivity contribution in [1.82, 2.24) is 9.97 Å². The van der Waals surface area contributed by atoms with E-state index in [0.29, 0.717) is 38.6 Å². The topological polar surface area (TPSA) is 76.2 Å². The van der Waals surface area contributed by atoms with Gasteiger partial charge in [0.05, 0.1) is 5.76 Å². The van der Waals surface area contributed by atoms with E-state index in [1.807, 2.05) is 90.1 Å². The Kier molecular flexibility index (Phi) is 11.3. The number of ketones is 1. The van der Waals surface area contributed by atoms with Crippen LogP contribution in [-0.2, 0) is 36.7 Å². The largest absolute Gasteiger partial charge is 0.512 e. The van der Waals surface area contributed by atoms with Crippen molar-refractivity contribution in [2.45, 2.75) is 107 Å². The second-order valence-electron chi connectivity index (χ2n) is 14.7. The van der Waals surface area contributed by atoms with Gasteiger partial charge in [-0.2, -0.15) is 4.98 Å². The summed E-state index contributed by atoms with van der Waals surface area (Å²) < 4.78 is 48.5. The third-order valence-corrected chi connectivity index (χ3v) is 9.71. The molecule has 1 radical (unpaired) electrons. The number of aliphatic hydroxyl groups excluding tert-OH is 1. The fourth-order valence-corrected chi connectivity index (χ4v) is 6.89. The van der Waals surface area contributed by atoms with Crippen LogP contribution in [0.25, 0.3) is 54.9 Å². The summed E-state index contributed by atoms with van der Waals surface area (Å²) >= 11 is 0. The first-order valence-electron chi connectivity index (χ1n) is 20.8. The molecule has 0 saturated carbocycles. The van der Waals surface area contributed by atoms with Crippen LogP contribution in [0.1, 0.15) is 112 Å². The Bertz CT molecular complexity index is 2400. The van der Waals surface area contributed by atoms with Crippen LogP contribution in [-0.4, -0.2) is 20.9 Å². The monoisotopic (exact) mass is 881 g/mol. The predicted octanol–water partition coefficient (Wildman–Crippen LogP) is 12.8. The van der Waals surface area contributed by atoms with Crippen LogP contribution < -0.4 is 0 Å². The molecule has 0 aliphatic rings. The minimum Gasteiger partial charge on any atom is -0.512 e. The average molecular weight is 881 g/mol. The first-order chi connectivity index (χ1) is 26.3. The van der Waals surface area contributed by atoms with Gasteiger partial charge in [-0.3, -0.25) is 9.78 Å².